The number of aromatic amines is 1. The molecule has 1 heterocycles. The van der Waals surface area contributed by atoms with E-state index < -0.39 is 12.0 Å². The van der Waals surface area contributed by atoms with Gasteiger partial charge in [-0.05, 0) is 18.8 Å². The summed E-state index contributed by atoms with van der Waals surface area (Å²) in [6.45, 7) is 2.28. The zero-order chi connectivity index (χ0) is 17.9. The Hall–Kier alpha value is -1.83. The number of aliphatic carboxylic acids is 1. The maximum atomic E-state index is 12.0. The minimum Gasteiger partial charge on any atom is -0.481 e. The molecular weight excluding hydrogens is 307 g/mol. The average Bonchev–Trinajstić information content (AvgIpc) is 3.06. The molecular formula is C16H27BN4O3. The van der Waals surface area contributed by atoms with E-state index in [1.807, 2.05) is 6.92 Å². The number of carboxylic acids is 1. The summed E-state index contributed by atoms with van der Waals surface area (Å²) in [5.41, 5.74) is 6.65. The SMILES string of the molecule is NC(Cc1cnc[nH]1)C(=O)NCC1CCCCC1C(=O)O.[B]CC. The molecule has 2 radical (unpaired) electrons. The van der Waals surface area contributed by atoms with E-state index in [-0.39, 0.29) is 17.7 Å². The fourth-order valence-electron chi connectivity index (χ4n) is 2.87. The van der Waals surface area contributed by atoms with Crippen LogP contribution in [0.5, 0.6) is 0 Å². The highest BCUT2D eigenvalue weighted by Crippen LogP contribution is 2.29. The van der Waals surface area contributed by atoms with Gasteiger partial charge in [-0.3, -0.25) is 9.59 Å². The fraction of sp³-hybridized carbons (Fsp3) is 0.688. The van der Waals surface area contributed by atoms with Gasteiger partial charge in [0.25, 0.3) is 0 Å². The van der Waals surface area contributed by atoms with Crippen molar-refractivity contribution in [3.63, 3.8) is 0 Å². The van der Waals surface area contributed by atoms with E-state index in [4.69, 9.17) is 13.6 Å². The lowest BCUT2D eigenvalue weighted by atomic mass is 9.79. The van der Waals surface area contributed by atoms with E-state index in [1.54, 1.807) is 12.5 Å². The van der Waals surface area contributed by atoms with E-state index in [0.29, 0.717) is 19.4 Å². The van der Waals surface area contributed by atoms with Crippen LogP contribution in [-0.4, -0.2) is 47.4 Å². The molecule has 7 nitrogen and oxygen atoms in total. The van der Waals surface area contributed by atoms with Crippen molar-refractivity contribution in [3.8, 4) is 0 Å². The molecule has 5 N–H and O–H groups in total. The molecule has 24 heavy (non-hydrogen) atoms. The number of carbonyl (C=O) groups is 2. The van der Waals surface area contributed by atoms with Crippen molar-refractivity contribution in [2.75, 3.05) is 6.54 Å². The Morgan fingerprint density at radius 3 is 2.75 bits per heavy atom. The van der Waals surface area contributed by atoms with Crippen LogP contribution in [0.25, 0.3) is 0 Å². The number of carboxylic acid groups (broad SMARTS) is 1. The Morgan fingerprint density at radius 1 is 1.50 bits per heavy atom. The Morgan fingerprint density at radius 2 is 2.17 bits per heavy atom. The van der Waals surface area contributed by atoms with E-state index in [9.17, 15) is 14.7 Å². The Kier molecular flexibility index (Phi) is 9.15. The molecule has 132 valence electrons. The molecule has 3 unspecified atom stereocenters. The van der Waals surface area contributed by atoms with Crippen molar-refractivity contribution in [2.45, 2.75) is 51.4 Å². The van der Waals surface area contributed by atoms with E-state index in [1.165, 1.54) is 0 Å². The number of carbonyl (C=O) groups excluding carboxylic acids is 1. The summed E-state index contributed by atoms with van der Waals surface area (Å²) in [4.78, 5) is 30.0. The normalized spacial score (nSPS) is 21.2. The van der Waals surface area contributed by atoms with Crippen LogP contribution < -0.4 is 11.1 Å². The van der Waals surface area contributed by atoms with Crippen LogP contribution in [0.3, 0.4) is 0 Å². The predicted octanol–water partition coefficient (Wildman–Crippen LogP) is 0.880. The minimum absolute atomic E-state index is 0.000413. The second-order valence-corrected chi connectivity index (χ2v) is 6.03. The van der Waals surface area contributed by atoms with Gasteiger partial charge in [0.2, 0.25) is 5.91 Å². The maximum absolute atomic E-state index is 12.0. The third-order valence-electron chi connectivity index (χ3n) is 4.10. The zero-order valence-corrected chi connectivity index (χ0v) is 14.2. The van der Waals surface area contributed by atoms with Gasteiger partial charge in [-0.25, -0.2) is 4.98 Å². The Bertz CT molecular complexity index is 496. The number of H-pyrrole nitrogens is 1. The molecule has 0 aromatic carbocycles. The number of nitrogens with one attached hydrogen (secondary N) is 2. The number of imidazole rings is 1. The number of rotatable bonds is 6. The van der Waals surface area contributed by atoms with Crippen molar-refractivity contribution in [1.29, 1.82) is 0 Å². The van der Waals surface area contributed by atoms with Crippen LogP contribution in [0.4, 0.5) is 0 Å². The van der Waals surface area contributed by atoms with Gasteiger partial charge in [0.15, 0.2) is 0 Å². The average molecular weight is 334 g/mol. The van der Waals surface area contributed by atoms with Gasteiger partial charge < -0.3 is 21.1 Å². The number of hydrogen-bond acceptors (Lipinski definition) is 4. The molecule has 1 aliphatic carbocycles. The predicted molar refractivity (Wildman–Crippen MR) is 92.6 cm³/mol. The molecule has 0 saturated heterocycles. The van der Waals surface area contributed by atoms with Crippen molar-refractivity contribution >= 4 is 19.7 Å². The molecule has 1 aromatic rings. The summed E-state index contributed by atoms with van der Waals surface area (Å²) in [5.74, 6) is -1.38. The van der Waals surface area contributed by atoms with Crippen LogP contribution in [0, 0.1) is 11.8 Å². The first kappa shape index (κ1) is 20.2. The highest BCUT2D eigenvalue weighted by molar-refractivity contribution is 6.08. The van der Waals surface area contributed by atoms with E-state index in [0.717, 1.165) is 31.3 Å². The summed E-state index contributed by atoms with van der Waals surface area (Å²) in [6, 6.07) is -0.655. The molecule has 0 spiro atoms. The van der Waals surface area contributed by atoms with Gasteiger partial charge >= 0.3 is 5.97 Å². The quantitative estimate of drug-likeness (QED) is 0.576. The number of hydrogen-bond donors (Lipinski definition) is 4. The first-order chi connectivity index (χ1) is 11.5. The lowest BCUT2D eigenvalue weighted by molar-refractivity contribution is -0.145. The van der Waals surface area contributed by atoms with Crippen molar-refractivity contribution < 1.29 is 14.7 Å². The molecule has 2 rings (SSSR count). The lowest BCUT2D eigenvalue weighted by Gasteiger charge is -2.28. The van der Waals surface area contributed by atoms with Crippen molar-refractivity contribution in [3.05, 3.63) is 18.2 Å². The summed E-state index contributed by atoms with van der Waals surface area (Å²) in [6.07, 6.45) is 7.81. The first-order valence-corrected chi connectivity index (χ1v) is 8.43. The highest BCUT2D eigenvalue weighted by atomic mass is 16.4. The first-order valence-electron chi connectivity index (χ1n) is 8.43. The van der Waals surface area contributed by atoms with Crippen LogP contribution >= 0.6 is 0 Å². The zero-order valence-electron chi connectivity index (χ0n) is 14.2. The van der Waals surface area contributed by atoms with Gasteiger partial charge in [-0.1, -0.05) is 26.1 Å². The molecule has 0 bridgehead atoms. The van der Waals surface area contributed by atoms with Gasteiger partial charge in [-0.2, -0.15) is 0 Å². The third-order valence-corrected chi connectivity index (χ3v) is 4.10. The monoisotopic (exact) mass is 334 g/mol. The topological polar surface area (TPSA) is 121 Å². The third kappa shape index (κ3) is 6.74. The maximum Gasteiger partial charge on any atom is 0.306 e. The number of aromatic nitrogens is 2. The van der Waals surface area contributed by atoms with E-state index >= 15 is 0 Å². The minimum atomic E-state index is -0.768. The largest absolute Gasteiger partial charge is 0.481 e. The van der Waals surface area contributed by atoms with Gasteiger partial charge in [0.05, 0.1) is 26.1 Å². The number of amides is 1. The molecule has 8 heteroatoms. The van der Waals surface area contributed by atoms with Crippen LogP contribution in [0.15, 0.2) is 12.5 Å². The van der Waals surface area contributed by atoms with E-state index in [2.05, 4.69) is 15.3 Å². The van der Waals surface area contributed by atoms with Gasteiger partial charge in [0.1, 0.15) is 0 Å². The Labute approximate surface area is 144 Å². The molecule has 1 aromatic heterocycles. The summed E-state index contributed by atoms with van der Waals surface area (Å²) in [7, 11) is 4.85. The van der Waals surface area contributed by atoms with Crippen molar-refractivity contribution in [1.82, 2.24) is 15.3 Å². The molecule has 1 saturated carbocycles. The summed E-state index contributed by atoms with van der Waals surface area (Å²) in [5, 5.41) is 12.0. The summed E-state index contributed by atoms with van der Waals surface area (Å²) < 4.78 is 0. The smallest absolute Gasteiger partial charge is 0.306 e. The lowest BCUT2D eigenvalue weighted by Crippen LogP contribution is -2.45. The number of nitrogens with zero attached hydrogens (tertiary/aromatic N) is 1. The standard InChI is InChI=1S/C14H22N4O3.C2H5B/c15-12(5-10-7-16-8-18-10)13(19)17-6-9-3-1-2-4-11(9)14(20)21;1-2-3/h7-9,11-12H,1-6,15H2,(H,16,18)(H,17,19)(H,20,21);2H2,1H3. The molecule has 1 amide bonds. The molecule has 3 atom stereocenters. The van der Waals surface area contributed by atoms with Gasteiger partial charge in [-0.15, -0.1) is 0 Å². The Balaban J connectivity index is 0.000000891. The molecule has 1 aliphatic rings. The second kappa shape index (κ2) is 10.9. The second-order valence-electron chi connectivity index (χ2n) is 6.03. The fourth-order valence-corrected chi connectivity index (χ4v) is 2.87. The highest BCUT2D eigenvalue weighted by Gasteiger charge is 2.31. The van der Waals surface area contributed by atoms with Crippen LogP contribution in [0.1, 0.15) is 38.3 Å². The molecule has 0 aliphatic heterocycles. The van der Waals surface area contributed by atoms with Crippen molar-refractivity contribution in [2.24, 2.45) is 17.6 Å². The summed E-state index contributed by atoms with van der Waals surface area (Å²) >= 11 is 0. The van der Waals surface area contributed by atoms with Gasteiger partial charge in [0, 0.05) is 24.9 Å². The number of nitrogens with two attached hydrogens (primary N) is 1. The molecule has 1 fully saturated rings. The van der Waals surface area contributed by atoms with Crippen LogP contribution in [-0.2, 0) is 16.0 Å². The van der Waals surface area contributed by atoms with Crippen LogP contribution in [0.2, 0.25) is 6.32 Å².